The molecule has 0 aromatic heterocycles. The molecule has 16 heavy (non-hydrogen) atoms. The highest BCUT2D eigenvalue weighted by Crippen LogP contribution is 2.42. The summed E-state index contributed by atoms with van der Waals surface area (Å²) in [6, 6.07) is 1.59. The zero-order chi connectivity index (χ0) is 12.3. The highest BCUT2D eigenvalue weighted by molar-refractivity contribution is 9.13. The van der Waals surface area contributed by atoms with Crippen LogP contribution in [0.5, 0.6) is 11.5 Å². The molecule has 0 radical (unpaired) electrons. The summed E-state index contributed by atoms with van der Waals surface area (Å²) >= 11 is 6.48. The van der Waals surface area contributed by atoms with Crippen LogP contribution in [-0.2, 0) is 4.79 Å². The lowest BCUT2D eigenvalue weighted by atomic mass is 10.2. The van der Waals surface area contributed by atoms with Gasteiger partial charge in [0.05, 0.1) is 11.6 Å². The van der Waals surface area contributed by atoms with Crippen LogP contribution in [0.1, 0.15) is 5.56 Å². The third-order valence-electron chi connectivity index (χ3n) is 1.82. The molecule has 0 heterocycles. The van der Waals surface area contributed by atoms with Gasteiger partial charge in [0, 0.05) is 10.5 Å². The van der Waals surface area contributed by atoms with Crippen LogP contribution >= 0.6 is 31.9 Å². The van der Waals surface area contributed by atoms with Crippen molar-refractivity contribution < 1.29 is 14.6 Å². The molecule has 0 aliphatic carbocycles. The van der Waals surface area contributed by atoms with Crippen molar-refractivity contribution in [2.75, 3.05) is 7.11 Å². The Kier molecular flexibility index (Phi) is 4.37. The smallest absolute Gasteiger partial charge is 0.241 e. The van der Waals surface area contributed by atoms with E-state index in [4.69, 9.17) is 10.5 Å². The summed E-state index contributed by atoms with van der Waals surface area (Å²) in [6.45, 7) is 0. The van der Waals surface area contributed by atoms with Crippen LogP contribution in [-0.4, -0.2) is 18.1 Å². The minimum atomic E-state index is -0.546. The van der Waals surface area contributed by atoms with Crippen LogP contribution in [0.4, 0.5) is 0 Å². The third kappa shape index (κ3) is 2.76. The van der Waals surface area contributed by atoms with E-state index in [1.807, 2.05) is 0 Å². The minimum absolute atomic E-state index is 0.00870. The fraction of sp³-hybridized carbons (Fsp3) is 0.100. The first-order valence-electron chi connectivity index (χ1n) is 4.19. The standard InChI is InChI=1S/C10H9Br2NO3/c1-16-6-4-5(2-3-7(13)14)8(11)9(12)10(6)15/h2-4,15H,1H3,(H2,13,14)/b3-2+. The van der Waals surface area contributed by atoms with E-state index in [1.54, 1.807) is 6.07 Å². The highest BCUT2D eigenvalue weighted by Gasteiger charge is 2.13. The number of carbonyl (C=O) groups is 1. The molecule has 1 aromatic rings. The van der Waals surface area contributed by atoms with Gasteiger partial charge in [-0.2, -0.15) is 0 Å². The number of hydrogen-bond donors (Lipinski definition) is 2. The lowest BCUT2D eigenvalue weighted by molar-refractivity contribution is -0.113. The number of phenolic OH excluding ortho intramolecular Hbond substituents is 1. The molecule has 6 heteroatoms. The largest absolute Gasteiger partial charge is 0.503 e. The average molecular weight is 351 g/mol. The van der Waals surface area contributed by atoms with Crippen LogP contribution < -0.4 is 10.5 Å². The summed E-state index contributed by atoms with van der Waals surface area (Å²) in [7, 11) is 1.44. The number of rotatable bonds is 3. The zero-order valence-electron chi connectivity index (χ0n) is 8.33. The van der Waals surface area contributed by atoms with Crippen molar-refractivity contribution in [2.24, 2.45) is 5.73 Å². The maximum absolute atomic E-state index is 10.6. The van der Waals surface area contributed by atoms with Crippen LogP contribution in [0.15, 0.2) is 21.1 Å². The minimum Gasteiger partial charge on any atom is -0.503 e. The Hall–Kier alpha value is -1.01. The molecule has 0 aliphatic heterocycles. The van der Waals surface area contributed by atoms with Crippen molar-refractivity contribution in [3.63, 3.8) is 0 Å². The fourth-order valence-electron chi connectivity index (χ4n) is 1.06. The zero-order valence-corrected chi connectivity index (χ0v) is 11.5. The van der Waals surface area contributed by atoms with Crippen LogP contribution in [0.3, 0.4) is 0 Å². The number of nitrogens with two attached hydrogens (primary N) is 1. The van der Waals surface area contributed by atoms with Gasteiger partial charge in [0.2, 0.25) is 5.91 Å². The lowest BCUT2D eigenvalue weighted by Gasteiger charge is -2.09. The quantitative estimate of drug-likeness (QED) is 0.822. The van der Waals surface area contributed by atoms with Gasteiger partial charge in [-0.05, 0) is 49.6 Å². The Bertz CT molecular complexity index is 458. The van der Waals surface area contributed by atoms with E-state index in [2.05, 4.69) is 31.9 Å². The number of hydrogen-bond acceptors (Lipinski definition) is 3. The average Bonchev–Trinajstić information content (AvgIpc) is 2.25. The molecule has 0 saturated carbocycles. The van der Waals surface area contributed by atoms with Gasteiger partial charge in [-0.1, -0.05) is 0 Å². The second-order valence-corrected chi connectivity index (χ2v) is 4.47. The molecule has 0 fully saturated rings. The van der Waals surface area contributed by atoms with Crippen LogP contribution in [0.2, 0.25) is 0 Å². The number of carbonyl (C=O) groups excluding carboxylic acids is 1. The van der Waals surface area contributed by atoms with Gasteiger partial charge in [-0.3, -0.25) is 4.79 Å². The van der Waals surface area contributed by atoms with Crippen molar-refractivity contribution in [1.82, 2.24) is 0 Å². The van der Waals surface area contributed by atoms with Gasteiger partial charge in [-0.25, -0.2) is 0 Å². The topological polar surface area (TPSA) is 72.5 Å². The van der Waals surface area contributed by atoms with E-state index in [1.165, 1.54) is 19.3 Å². The summed E-state index contributed by atoms with van der Waals surface area (Å²) in [5.41, 5.74) is 5.66. The predicted molar refractivity (Wildman–Crippen MR) is 68.3 cm³/mol. The van der Waals surface area contributed by atoms with E-state index in [0.29, 0.717) is 20.3 Å². The number of primary amides is 1. The maximum atomic E-state index is 10.6. The first kappa shape index (κ1) is 13.1. The first-order chi connectivity index (χ1) is 7.47. The summed E-state index contributed by atoms with van der Waals surface area (Å²) < 4.78 is 6.05. The van der Waals surface area contributed by atoms with Crippen molar-refractivity contribution in [1.29, 1.82) is 0 Å². The molecule has 1 rings (SSSR count). The van der Waals surface area contributed by atoms with E-state index in [9.17, 15) is 9.90 Å². The highest BCUT2D eigenvalue weighted by atomic mass is 79.9. The second kappa shape index (κ2) is 5.36. The van der Waals surface area contributed by atoms with Crippen molar-refractivity contribution >= 4 is 43.8 Å². The maximum Gasteiger partial charge on any atom is 0.241 e. The van der Waals surface area contributed by atoms with E-state index in [-0.39, 0.29) is 5.75 Å². The summed E-state index contributed by atoms with van der Waals surface area (Å²) in [6.07, 6.45) is 2.75. The van der Waals surface area contributed by atoms with Gasteiger partial charge >= 0.3 is 0 Å². The molecule has 1 aromatic carbocycles. The summed E-state index contributed by atoms with van der Waals surface area (Å²) in [4.78, 5) is 10.6. The Labute approximate surface area is 109 Å². The number of amides is 1. The van der Waals surface area contributed by atoms with Crippen molar-refractivity contribution in [3.05, 3.63) is 26.7 Å². The number of ether oxygens (including phenoxy) is 1. The molecule has 0 atom stereocenters. The normalized spacial score (nSPS) is 10.7. The van der Waals surface area contributed by atoms with Gasteiger partial charge in [-0.15, -0.1) is 0 Å². The molecule has 0 spiro atoms. The molecule has 3 N–H and O–H groups in total. The van der Waals surface area contributed by atoms with Crippen LogP contribution in [0, 0.1) is 0 Å². The van der Waals surface area contributed by atoms with Gasteiger partial charge in [0.15, 0.2) is 11.5 Å². The summed E-state index contributed by atoms with van der Waals surface area (Å²) in [5, 5.41) is 9.66. The Morgan fingerprint density at radius 1 is 1.50 bits per heavy atom. The molecule has 4 nitrogen and oxygen atoms in total. The van der Waals surface area contributed by atoms with E-state index < -0.39 is 5.91 Å². The monoisotopic (exact) mass is 349 g/mol. The molecule has 0 bridgehead atoms. The number of benzene rings is 1. The van der Waals surface area contributed by atoms with Gasteiger partial charge in [0.25, 0.3) is 0 Å². The Morgan fingerprint density at radius 2 is 2.12 bits per heavy atom. The molecule has 0 aliphatic rings. The van der Waals surface area contributed by atoms with E-state index in [0.717, 1.165) is 0 Å². The molecule has 86 valence electrons. The molecule has 0 unspecified atom stereocenters. The SMILES string of the molecule is COc1cc(/C=C/C(N)=O)c(Br)c(Br)c1O. The number of aromatic hydroxyl groups is 1. The number of phenols is 1. The molecule has 0 saturated heterocycles. The van der Waals surface area contributed by atoms with Gasteiger partial charge in [0.1, 0.15) is 0 Å². The predicted octanol–water partition coefficient (Wildman–Crippen LogP) is 2.42. The van der Waals surface area contributed by atoms with E-state index >= 15 is 0 Å². The lowest BCUT2D eigenvalue weighted by Crippen LogP contribution is -2.05. The Balaban J connectivity index is 3.30. The van der Waals surface area contributed by atoms with Crippen molar-refractivity contribution in [3.8, 4) is 11.5 Å². The molecular formula is C10H9Br2NO3. The second-order valence-electron chi connectivity index (χ2n) is 2.88. The molecular weight excluding hydrogens is 342 g/mol. The fourth-order valence-corrected chi connectivity index (χ4v) is 1.92. The third-order valence-corrected chi connectivity index (χ3v) is 3.98. The van der Waals surface area contributed by atoms with Gasteiger partial charge < -0.3 is 15.6 Å². The molecule has 1 amide bonds. The first-order valence-corrected chi connectivity index (χ1v) is 5.78. The van der Waals surface area contributed by atoms with Crippen LogP contribution in [0.25, 0.3) is 6.08 Å². The number of methoxy groups -OCH3 is 1. The Morgan fingerprint density at radius 3 is 2.62 bits per heavy atom. The summed E-state index contributed by atoms with van der Waals surface area (Å²) in [5.74, 6) is -0.250. The number of halogens is 2. The van der Waals surface area contributed by atoms with Crippen molar-refractivity contribution in [2.45, 2.75) is 0 Å².